The molecule has 4 aliphatic heterocycles. The highest BCUT2D eigenvalue weighted by Gasteiger charge is 2.57. The second-order valence-electron chi connectivity index (χ2n) is 28.4. The van der Waals surface area contributed by atoms with Gasteiger partial charge in [-0.05, 0) is 172 Å². The highest BCUT2D eigenvalue weighted by atomic mass is 32.2. The van der Waals surface area contributed by atoms with E-state index in [2.05, 4.69) is 45.0 Å². The number of cyclic esters (lactones) is 1. The van der Waals surface area contributed by atoms with E-state index in [4.69, 9.17) is 28.4 Å². The summed E-state index contributed by atoms with van der Waals surface area (Å²) in [5, 5.41) is 42.1. The number of carbonyl (C=O) groups is 6. The molecular weight excluding hydrogens is 1260 g/mol. The molecule has 97 heavy (non-hydrogen) atoms. The number of nitrogens with zero attached hydrogens (tertiary/aromatic N) is 3. The number of aliphatic hydroxyl groups is 3. The number of hydrogen-bond acceptors (Lipinski definition) is 18. The van der Waals surface area contributed by atoms with Crippen molar-refractivity contribution in [1.82, 2.24) is 30.0 Å². The van der Waals surface area contributed by atoms with Crippen LogP contribution in [0.25, 0.3) is 10.9 Å². The number of aliphatic hydroxyl groups excluding tert-OH is 2. The Labute approximate surface area is 577 Å². The quantitative estimate of drug-likeness (QED) is 0.0253. The molecule has 0 spiro atoms. The molecule has 0 radical (unpaired) electrons. The van der Waals surface area contributed by atoms with Gasteiger partial charge in [0.25, 0.3) is 23.2 Å². The summed E-state index contributed by atoms with van der Waals surface area (Å²) >= 11 is 1.65. The maximum Gasteiger partial charge on any atom is 0.329 e. The Morgan fingerprint density at radius 3 is 2.28 bits per heavy atom. The number of hydrogen-bond donors (Lipinski definition) is 6. The van der Waals surface area contributed by atoms with Crippen LogP contribution in [0, 0.1) is 49.4 Å². The van der Waals surface area contributed by atoms with Gasteiger partial charge in [-0.1, -0.05) is 56.7 Å². The van der Waals surface area contributed by atoms with Gasteiger partial charge < -0.3 is 73.7 Å². The number of fused-ring (bicyclic) bond motifs is 4. The number of aromatic nitrogens is 2. The van der Waals surface area contributed by atoms with Gasteiger partial charge in [-0.3, -0.25) is 28.8 Å². The summed E-state index contributed by atoms with van der Waals surface area (Å²) in [7, 11) is 6.12. The Kier molecular flexibility index (Phi) is 28.2. The smallest absolute Gasteiger partial charge is 0.329 e. The number of Topliss-reactive ketones (excluding diaryl/α,β-unsaturated/α-hetero) is 2. The number of benzene rings is 1. The summed E-state index contributed by atoms with van der Waals surface area (Å²) in [5.74, 6) is -6.32. The predicted molar refractivity (Wildman–Crippen MR) is 372 cm³/mol. The molecule has 1 aliphatic carbocycles. The number of ketones is 2. The second kappa shape index (κ2) is 35.5. The number of ether oxygens (including phenoxy) is 6. The number of amides is 3. The average molecular weight is 1370 g/mol. The van der Waals surface area contributed by atoms with Crippen LogP contribution in [0.4, 0.5) is 0 Å². The molecule has 8 rings (SSSR count). The lowest BCUT2D eigenvalue weighted by Crippen LogP contribution is -2.64. The molecule has 1 aromatic carbocycles. The lowest BCUT2D eigenvalue weighted by Gasteiger charge is -2.47. The molecule has 15 atom stereocenters. The molecule has 1 saturated carbocycles. The number of para-hydroxylation sites is 1. The van der Waals surface area contributed by atoms with Gasteiger partial charge in [0.15, 0.2) is 0 Å². The third-order valence-corrected chi connectivity index (χ3v) is 22.5. The van der Waals surface area contributed by atoms with Crippen LogP contribution in [-0.4, -0.2) is 197 Å². The Hall–Kier alpha value is -5.76. The predicted octanol–water partition coefficient (Wildman–Crippen LogP) is 8.25. The van der Waals surface area contributed by atoms with E-state index in [1.165, 1.54) is 26.2 Å². The van der Waals surface area contributed by atoms with E-state index in [-0.39, 0.29) is 73.4 Å². The summed E-state index contributed by atoms with van der Waals surface area (Å²) < 4.78 is 38.1. The largest absolute Gasteiger partial charge is 0.496 e. The highest BCUT2D eigenvalue weighted by molar-refractivity contribution is 7.99. The summed E-state index contributed by atoms with van der Waals surface area (Å²) in [4.78, 5) is 105. The lowest BCUT2D eigenvalue weighted by molar-refractivity contribution is -0.302. The Morgan fingerprint density at radius 2 is 1.57 bits per heavy atom. The molecule has 3 aromatic rings. The summed E-state index contributed by atoms with van der Waals surface area (Å²) in [6, 6.07) is 8.62. The maximum atomic E-state index is 14.8. The number of aromatic amines is 1. The fraction of sp³-hybridized carbons (Fsp3) is 0.689. The number of piperidine rings is 2. The lowest BCUT2D eigenvalue weighted by atomic mass is 9.81. The minimum Gasteiger partial charge on any atom is -0.496 e. The van der Waals surface area contributed by atoms with Gasteiger partial charge >= 0.3 is 5.97 Å². The molecule has 2 bridgehead atoms. The van der Waals surface area contributed by atoms with Gasteiger partial charge in [0.2, 0.25) is 11.7 Å². The Balaban J connectivity index is 0.879. The summed E-state index contributed by atoms with van der Waals surface area (Å²) in [5.41, 5.74) is 4.74. The molecule has 3 saturated heterocycles. The van der Waals surface area contributed by atoms with Crippen molar-refractivity contribution in [1.29, 1.82) is 0 Å². The second-order valence-corrected chi connectivity index (χ2v) is 29.6. The van der Waals surface area contributed by atoms with Crippen LogP contribution in [0.2, 0.25) is 0 Å². The fourth-order valence-electron chi connectivity index (χ4n) is 15.8. The van der Waals surface area contributed by atoms with Crippen LogP contribution in [0.1, 0.15) is 171 Å². The third kappa shape index (κ3) is 19.0. The molecule has 538 valence electrons. The first-order valence-electron chi connectivity index (χ1n) is 35.3. The van der Waals surface area contributed by atoms with E-state index in [9.17, 15) is 48.9 Å². The van der Waals surface area contributed by atoms with Crippen LogP contribution in [0.5, 0.6) is 5.75 Å². The summed E-state index contributed by atoms with van der Waals surface area (Å²) in [6.45, 7) is 18.3. The zero-order valence-electron chi connectivity index (χ0n) is 59.4. The van der Waals surface area contributed by atoms with Gasteiger partial charge in [0, 0.05) is 106 Å². The van der Waals surface area contributed by atoms with Gasteiger partial charge in [0.05, 0.1) is 55.3 Å². The van der Waals surface area contributed by atoms with E-state index in [1.54, 1.807) is 45.7 Å². The molecule has 3 amide bonds. The first kappa shape index (κ1) is 77.0. The average Bonchev–Trinajstić information content (AvgIpc) is 1.70. The van der Waals surface area contributed by atoms with Crippen molar-refractivity contribution in [2.24, 2.45) is 35.5 Å². The van der Waals surface area contributed by atoms with E-state index < -0.39 is 90.0 Å². The van der Waals surface area contributed by atoms with Crippen LogP contribution in [0.15, 0.2) is 58.4 Å². The number of likely N-dealkylation sites (tertiary alicyclic amines) is 1. The number of thioether (sulfide) groups is 1. The van der Waals surface area contributed by atoms with E-state index in [1.807, 2.05) is 51.1 Å². The first-order valence-corrected chi connectivity index (χ1v) is 36.5. The van der Waals surface area contributed by atoms with Crippen molar-refractivity contribution in [2.75, 3.05) is 72.7 Å². The number of methoxy groups -OCH3 is 4. The number of carbonyl (C=O) groups excluding carboxylic acids is 6. The van der Waals surface area contributed by atoms with Crippen molar-refractivity contribution >= 4 is 57.9 Å². The normalized spacial score (nSPS) is 30.6. The maximum absolute atomic E-state index is 14.8. The van der Waals surface area contributed by atoms with Crippen molar-refractivity contribution < 1.29 is 72.5 Å². The number of allylic oxidation sites excluding steroid dienone is 3. The molecule has 5 aliphatic rings. The monoisotopic (exact) mass is 1370 g/mol. The Bertz CT molecular complexity index is 3320. The minimum absolute atomic E-state index is 0.0166. The van der Waals surface area contributed by atoms with Crippen LogP contribution >= 0.6 is 11.8 Å². The highest BCUT2D eigenvalue weighted by Crippen LogP contribution is 2.41. The standard InChI is InChI=1S/C74H110N6O16S/c1-43-34-44(2)36-63(93-11)68-64(94-12)38-46(4)74(90,96-68)69(85)72(88)79-28-16-15-21-57(79)73(89)95-67(45(3)37-51-22-23-58(81)62(40-51)92-10)48(6)59(82)41-60(83)53(35-43)18-17-32-97-33-26-65(84)75-27-31-78-29-24-52(25-30-78)49(7)80-50(8)66(54-19-13-14-20-56(54)80)71(87)76-42-55-61(91-9)39-47(5)77-70(55)86/h13-14,19-20,35,37,39,44,46,48-49,51-53,57-59,62-64,67-68,81-82,90H,15-18,21-34,36,38,40-42H2,1-12H3,(H,75,84)(H,76,87)(H,77,86)/b43-35+,45-37+/t44-,46+,48+,49+,51-,53+,57-,58+,59-,62+,63-,64-,67+,68+,74+/m0/s1. The SMILES string of the molecule is COc1cc(C)[nH]c(=O)c1CNC(=O)c1c(C)n([C@H](C)C2CCN(CCNC(=O)CCSCCC[C@@H]3/C=C(\C)C[C@H](C)C[C@H](OC)[C@H]4O[C@@](O)(C(=O)C(=O)N5CCCC[C@H]5C(=O)O[C@H](/C(C)=C/[C@@H]5CC[C@@H](O)[C@H](OC)C5)[C@H](C)[C@@H](O)CC3=O)[C@H](C)C[C@@H]4OC)CC2)c2ccccc12. The first-order chi connectivity index (χ1) is 46.3. The zero-order chi connectivity index (χ0) is 70.4. The molecule has 22 nitrogen and oxygen atoms in total. The van der Waals surface area contributed by atoms with E-state index in [0.717, 1.165) is 54.6 Å². The van der Waals surface area contributed by atoms with Gasteiger partial charge in [0.1, 0.15) is 29.8 Å². The van der Waals surface area contributed by atoms with Gasteiger partial charge in [-0.15, -0.1) is 0 Å². The number of rotatable bonds is 21. The molecule has 0 unspecified atom stereocenters. The van der Waals surface area contributed by atoms with Gasteiger partial charge in [-0.25, -0.2) is 4.79 Å². The number of H-pyrrole nitrogens is 1. The number of aryl methyl sites for hydroxylation is 1. The van der Waals surface area contributed by atoms with Crippen LogP contribution in [-0.2, 0) is 54.2 Å². The molecule has 2 aromatic heterocycles. The molecular formula is C74H110N6O16S. The topological polar surface area (TPSA) is 287 Å². The zero-order valence-corrected chi connectivity index (χ0v) is 60.2. The number of pyridine rings is 1. The van der Waals surface area contributed by atoms with Crippen molar-refractivity contribution in [2.45, 2.75) is 219 Å². The fourth-order valence-corrected chi connectivity index (χ4v) is 16.7. The van der Waals surface area contributed by atoms with Crippen molar-refractivity contribution in [3.05, 3.63) is 86.5 Å². The van der Waals surface area contributed by atoms with Crippen LogP contribution < -0.4 is 20.9 Å². The number of nitrogens with one attached hydrogen (secondary N) is 3. The van der Waals surface area contributed by atoms with Crippen molar-refractivity contribution in [3.63, 3.8) is 0 Å². The van der Waals surface area contributed by atoms with E-state index in [0.29, 0.717) is 116 Å². The van der Waals surface area contributed by atoms with Crippen molar-refractivity contribution in [3.8, 4) is 5.75 Å². The molecule has 6 N–H and O–H groups in total. The van der Waals surface area contributed by atoms with Gasteiger partial charge in [-0.2, -0.15) is 11.8 Å². The third-order valence-electron chi connectivity index (χ3n) is 21.5. The molecule has 23 heteroatoms. The molecule has 4 fully saturated rings. The Morgan fingerprint density at radius 1 is 0.856 bits per heavy atom. The summed E-state index contributed by atoms with van der Waals surface area (Å²) in [6.07, 6.45) is 5.65. The van der Waals surface area contributed by atoms with E-state index >= 15 is 0 Å². The molecule has 6 heterocycles. The van der Waals surface area contributed by atoms with Crippen LogP contribution in [0.3, 0.4) is 0 Å². The number of esters is 1. The minimum atomic E-state index is -2.56.